The summed E-state index contributed by atoms with van der Waals surface area (Å²) in [4.78, 5) is 38.5. The Bertz CT molecular complexity index is 1340. The maximum atomic E-state index is 13.0. The van der Waals surface area contributed by atoms with Crippen LogP contribution in [-0.4, -0.2) is 37.2 Å². The van der Waals surface area contributed by atoms with Crippen molar-refractivity contribution in [3.63, 3.8) is 0 Å². The number of allylic oxidation sites excluding steroid dienone is 4. The summed E-state index contributed by atoms with van der Waals surface area (Å²) >= 11 is 0. The van der Waals surface area contributed by atoms with Crippen molar-refractivity contribution in [3.05, 3.63) is 24.3 Å². The molecule has 0 aromatic heterocycles. The van der Waals surface area contributed by atoms with Crippen molar-refractivity contribution >= 4 is 17.9 Å². The third-order valence-electron chi connectivity index (χ3n) is 17.5. The van der Waals surface area contributed by atoms with E-state index in [1.165, 1.54) is 315 Å². The van der Waals surface area contributed by atoms with Crippen LogP contribution in [0.5, 0.6) is 0 Å². The Balaban J connectivity index is 4.19. The van der Waals surface area contributed by atoms with Gasteiger partial charge in [0, 0.05) is 19.3 Å². The number of unbranched alkanes of at least 4 members (excludes halogenated alkanes) is 56. The molecule has 1 unspecified atom stereocenters. The summed E-state index contributed by atoms with van der Waals surface area (Å²) in [7, 11) is 0. The predicted molar refractivity (Wildman–Crippen MR) is 363 cm³/mol. The molecule has 1 atom stereocenters. The van der Waals surface area contributed by atoms with Crippen molar-refractivity contribution in [1.29, 1.82) is 0 Å². The molecule has 6 heteroatoms. The second kappa shape index (κ2) is 72.4. The largest absolute Gasteiger partial charge is 0.462 e. The van der Waals surface area contributed by atoms with Gasteiger partial charge in [-0.05, 0) is 51.4 Å². The van der Waals surface area contributed by atoms with E-state index in [0.29, 0.717) is 19.3 Å². The molecule has 0 spiro atoms. The molecule has 0 aliphatic heterocycles. The lowest BCUT2D eigenvalue weighted by molar-refractivity contribution is -0.167. The van der Waals surface area contributed by atoms with Gasteiger partial charge in [-0.3, -0.25) is 14.4 Å². The number of hydrogen-bond donors (Lipinski definition) is 0. The Morgan fingerprint density at radius 2 is 0.434 bits per heavy atom. The summed E-state index contributed by atoms with van der Waals surface area (Å²) < 4.78 is 17.0. The standard InChI is InChI=1S/C77H146O6/c1-4-7-10-13-16-19-22-25-28-30-32-34-35-36-37-38-39-40-41-43-44-46-49-52-55-58-61-64-67-70-76(79)82-73-74(72-81-75(78)69-66-63-60-57-54-51-48-27-24-21-18-15-12-9-6-3)83-77(80)71-68-65-62-59-56-53-50-47-45-42-33-31-29-26-23-20-17-14-11-8-5-2/h18,21,27,48,74H,4-17,19-20,22-26,28-47,49-73H2,1-3H3/b21-18-,48-27-. The van der Waals surface area contributed by atoms with E-state index in [4.69, 9.17) is 14.2 Å². The molecule has 490 valence electrons. The molecule has 0 bridgehead atoms. The lowest BCUT2D eigenvalue weighted by atomic mass is 10.0. The minimum absolute atomic E-state index is 0.0690. The van der Waals surface area contributed by atoms with Crippen LogP contribution in [-0.2, 0) is 28.6 Å². The van der Waals surface area contributed by atoms with Crippen LogP contribution in [0.1, 0.15) is 432 Å². The average molecular weight is 1170 g/mol. The summed E-state index contributed by atoms with van der Waals surface area (Å²) in [6.07, 6.45) is 89.5. The maximum Gasteiger partial charge on any atom is 0.306 e. The second-order valence-corrected chi connectivity index (χ2v) is 25.9. The van der Waals surface area contributed by atoms with Gasteiger partial charge in [0.15, 0.2) is 6.10 Å². The van der Waals surface area contributed by atoms with E-state index >= 15 is 0 Å². The number of esters is 3. The molecule has 0 rings (SSSR count). The molecule has 83 heavy (non-hydrogen) atoms. The first-order chi connectivity index (χ1) is 41.0. The molecule has 0 amide bonds. The molecular weight excluding hydrogens is 1020 g/mol. The third kappa shape index (κ3) is 70.5. The van der Waals surface area contributed by atoms with Crippen molar-refractivity contribution in [2.75, 3.05) is 13.2 Å². The summed E-state index contributed by atoms with van der Waals surface area (Å²) in [5, 5.41) is 0. The smallest absolute Gasteiger partial charge is 0.306 e. The molecule has 0 N–H and O–H groups in total. The zero-order valence-electron chi connectivity index (χ0n) is 56.5. The number of ether oxygens (including phenoxy) is 3. The van der Waals surface area contributed by atoms with Crippen molar-refractivity contribution in [1.82, 2.24) is 0 Å². The highest BCUT2D eigenvalue weighted by Crippen LogP contribution is 2.20. The summed E-state index contributed by atoms with van der Waals surface area (Å²) in [6.45, 7) is 6.70. The molecular formula is C77H146O6. The van der Waals surface area contributed by atoms with Crippen molar-refractivity contribution in [2.24, 2.45) is 0 Å². The molecule has 0 aliphatic rings. The normalized spacial score (nSPS) is 12.1. The highest BCUT2D eigenvalue weighted by Gasteiger charge is 2.20. The topological polar surface area (TPSA) is 78.9 Å². The van der Waals surface area contributed by atoms with Gasteiger partial charge < -0.3 is 14.2 Å². The van der Waals surface area contributed by atoms with Gasteiger partial charge in [0.1, 0.15) is 13.2 Å². The molecule has 0 aromatic rings. The van der Waals surface area contributed by atoms with Gasteiger partial charge in [-0.2, -0.15) is 0 Å². The first-order valence-electron chi connectivity index (χ1n) is 37.8. The monoisotopic (exact) mass is 1170 g/mol. The highest BCUT2D eigenvalue weighted by atomic mass is 16.6. The minimum atomic E-state index is -0.775. The SMILES string of the molecule is CCCCC/C=C\C/C=C\CCCCCCCC(=O)OCC(COC(=O)CCCCCCCCCCCCCCCCCCCCCCCCCCCCCCC)OC(=O)CCCCCCCCCCCCCCCCCCCCCCC. The van der Waals surface area contributed by atoms with Crippen molar-refractivity contribution in [3.8, 4) is 0 Å². The lowest BCUT2D eigenvalue weighted by Gasteiger charge is -2.18. The van der Waals surface area contributed by atoms with Crippen LogP contribution in [0.4, 0.5) is 0 Å². The maximum absolute atomic E-state index is 13.0. The van der Waals surface area contributed by atoms with Gasteiger partial charge in [0.25, 0.3) is 0 Å². The fourth-order valence-corrected chi connectivity index (χ4v) is 11.8. The van der Waals surface area contributed by atoms with Crippen molar-refractivity contribution in [2.45, 2.75) is 438 Å². The Hall–Kier alpha value is -2.11. The van der Waals surface area contributed by atoms with E-state index in [-0.39, 0.29) is 31.1 Å². The van der Waals surface area contributed by atoms with E-state index in [0.717, 1.165) is 77.0 Å². The van der Waals surface area contributed by atoms with Crippen LogP contribution >= 0.6 is 0 Å². The van der Waals surface area contributed by atoms with Crippen LogP contribution in [0.2, 0.25) is 0 Å². The number of hydrogen-bond acceptors (Lipinski definition) is 6. The van der Waals surface area contributed by atoms with Crippen LogP contribution in [0, 0.1) is 0 Å². The van der Waals surface area contributed by atoms with Gasteiger partial charge in [-0.15, -0.1) is 0 Å². The molecule has 0 saturated heterocycles. The van der Waals surface area contributed by atoms with E-state index in [1.54, 1.807) is 0 Å². The van der Waals surface area contributed by atoms with Gasteiger partial charge in [-0.25, -0.2) is 0 Å². The summed E-state index contributed by atoms with van der Waals surface area (Å²) in [5.74, 6) is -0.847. The lowest BCUT2D eigenvalue weighted by Crippen LogP contribution is -2.30. The van der Waals surface area contributed by atoms with E-state index in [2.05, 4.69) is 45.1 Å². The third-order valence-corrected chi connectivity index (χ3v) is 17.5. The first-order valence-corrected chi connectivity index (χ1v) is 37.8. The van der Waals surface area contributed by atoms with E-state index < -0.39 is 6.10 Å². The second-order valence-electron chi connectivity index (χ2n) is 25.9. The zero-order valence-corrected chi connectivity index (χ0v) is 56.5. The molecule has 0 saturated carbocycles. The molecule has 0 aromatic carbocycles. The summed E-state index contributed by atoms with van der Waals surface area (Å²) in [6, 6.07) is 0. The molecule has 0 radical (unpaired) electrons. The van der Waals surface area contributed by atoms with Gasteiger partial charge >= 0.3 is 17.9 Å². The Morgan fingerprint density at radius 3 is 0.687 bits per heavy atom. The molecule has 0 fully saturated rings. The Kier molecular flexibility index (Phi) is 70.5. The van der Waals surface area contributed by atoms with Crippen LogP contribution in [0.15, 0.2) is 24.3 Å². The average Bonchev–Trinajstić information content (AvgIpc) is 3.49. The quantitative estimate of drug-likeness (QED) is 0.0261. The number of rotatable bonds is 71. The molecule has 6 nitrogen and oxygen atoms in total. The minimum Gasteiger partial charge on any atom is -0.462 e. The number of carbonyl (C=O) groups is 3. The van der Waals surface area contributed by atoms with Crippen molar-refractivity contribution < 1.29 is 28.6 Å². The van der Waals surface area contributed by atoms with Crippen LogP contribution < -0.4 is 0 Å². The predicted octanol–water partition coefficient (Wildman–Crippen LogP) is 26.1. The first kappa shape index (κ1) is 80.9. The fourth-order valence-electron chi connectivity index (χ4n) is 11.8. The molecule has 0 heterocycles. The van der Waals surface area contributed by atoms with Gasteiger partial charge in [0.05, 0.1) is 0 Å². The van der Waals surface area contributed by atoms with E-state index in [1.807, 2.05) is 0 Å². The zero-order chi connectivity index (χ0) is 59.9. The fraction of sp³-hybridized carbons (Fsp3) is 0.909. The van der Waals surface area contributed by atoms with Crippen LogP contribution in [0.25, 0.3) is 0 Å². The Labute approximate surface area is 519 Å². The summed E-state index contributed by atoms with van der Waals surface area (Å²) in [5.41, 5.74) is 0. The van der Waals surface area contributed by atoms with Crippen LogP contribution in [0.3, 0.4) is 0 Å². The highest BCUT2D eigenvalue weighted by molar-refractivity contribution is 5.71. The Morgan fingerprint density at radius 1 is 0.241 bits per heavy atom. The molecule has 0 aliphatic carbocycles. The number of carbonyl (C=O) groups excluding carboxylic acids is 3. The van der Waals surface area contributed by atoms with Gasteiger partial charge in [0.2, 0.25) is 0 Å². The van der Waals surface area contributed by atoms with E-state index in [9.17, 15) is 14.4 Å². The van der Waals surface area contributed by atoms with Gasteiger partial charge in [-0.1, -0.05) is 385 Å².